The van der Waals surface area contributed by atoms with Gasteiger partial charge in [-0.15, -0.1) is 22.7 Å². The van der Waals surface area contributed by atoms with Gasteiger partial charge >= 0.3 is 0 Å². The van der Waals surface area contributed by atoms with Crippen LogP contribution in [-0.2, 0) is 0 Å². The number of halogens is 1. The van der Waals surface area contributed by atoms with Crippen LogP contribution in [0.4, 0.5) is 0 Å². The number of aryl methyl sites for hydroxylation is 1. The predicted octanol–water partition coefficient (Wildman–Crippen LogP) is 3.88. The first-order chi connectivity index (χ1) is 4.79. The molecular weight excluding hydrogens is 275 g/mol. The highest BCUT2D eigenvalue weighted by Crippen LogP contribution is 2.35. The van der Waals surface area contributed by atoms with E-state index < -0.39 is 0 Å². The summed E-state index contributed by atoms with van der Waals surface area (Å²) in [7, 11) is 0. The third-order valence-electron chi connectivity index (χ3n) is 1.46. The minimum Gasteiger partial charge on any atom is -0.143 e. The highest BCUT2D eigenvalue weighted by molar-refractivity contribution is 14.1. The zero-order valence-electron chi connectivity index (χ0n) is 5.35. The molecule has 52 valence electrons. The summed E-state index contributed by atoms with van der Waals surface area (Å²) in [6.45, 7) is 2.19. The van der Waals surface area contributed by atoms with Crippen LogP contribution in [-0.4, -0.2) is 0 Å². The van der Waals surface area contributed by atoms with Crippen LogP contribution in [0.1, 0.15) is 5.56 Å². The molecule has 3 heteroatoms. The van der Waals surface area contributed by atoms with E-state index in [-0.39, 0.29) is 0 Å². The average Bonchev–Trinajstić information content (AvgIpc) is 2.41. The van der Waals surface area contributed by atoms with E-state index in [4.69, 9.17) is 0 Å². The number of hydrogen-bond acceptors (Lipinski definition) is 2. The maximum Gasteiger partial charge on any atom is 0.0703 e. The van der Waals surface area contributed by atoms with Crippen molar-refractivity contribution in [3.63, 3.8) is 0 Å². The van der Waals surface area contributed by atoms with Gasteiger partial charge in [0, 0.05) is 9.40 Å². The molecule has 0 nitrogen and oxygen atoms in total. The standard InChI is InChI=1S/C7H5IS2/c1-4-6-5(2-3-9-6)10-7(4)8/h2-3H,1H3. The van der Waals surface area contributed by atoms with Gasteiger partial charge in [-0.2, -0.15) is 0 Å². The van der Waals surface area contributed by atoms with Crippen molar-refractivity contribution in [2.75, 3.05) is 0 Å². The topological polar surface area (TPSA) is 0 Å². The third kappa shape index (κ3) is 0.914. The second-order valence-corrected chi connectivity index (χ2v) is 5.89. The van der Waals surface area contributed by atoms with E-state index in [2.05, 4.69) is 41.0 Å². The zero-order valence-corrected chi connectivity index (χ0v) is 9.14. The maximum atomic E-state index is 2.40. The van der Waals surface area contributed by atoms with Crippen molar-refractivity contribution < 1.29 is 0 Å². The first kappa shape index (κ1) is 7.06. The molecule has 10 heavy (non-hydrogen) atoms. The Labute approximate surface area is 81.0 Å². The molecule has 0 aliphatic rings. The van der Waals surface area contributed by atoms with Crippen molar-refractivity contribution in [1.29, 1.82) is 0 Å². The van der Waals surface area contributed by atoms with Gasteiger partial charge < -0.3 is 0 Å². The normalized spacial score (nSPS) is 11.0. The van der Waals surface area contributed by atoms with E-state index in [1.165, 1.54) is 17.8 Å². The summed E-state index contributed by atoms with van der Waals surface area (Å²) in [5.74, 6) is 0. The molecule has 0 bridgehead atoms. The maximum absolute atomic E-state index is 2.40. The minimum absolute atomic E-state index is 1.43. The van der Waals surface area contributed by atoms with Crippen LogP contribution in [0, 0.1) is 9.81 Å². The molecule has 0 aliphatic carbocycles. The molecule has 0 unspecified atom stereocenters. The van der Waals surface area contributed by atoms with E-state index in [0.717, 1.165) is 0 Å². The van der Waals surface area contributed by atoms with Crippen LogP contribution < -0.4 is 0 Å². The molecule has 0 atom stereocenters. The molecule has 2 heterocycles. The summed E-state index contributed by atoms with van der Waals surface area (Å²) in [6.07, 6.45) is 0. The van der Waals surface area contributed by atoms with Crippen LogP contribution in [0.5, 0.6) is 0 Å². The molecule has 2 rings (SSSR count). The Morgan fingerprint density at radius 3 is 3.00 bits per heavy atom. The van der Waals surface area contributed by atoms with Crippen LogP contribution in [0.2, 0.25) is 0 Å². The van der Waals surface area contributed by atoms with Gasteiger partial charge in [-0.25, -0.2) is 0 Å². The Kier molecular flexibility index (Phi) is 1.74. The van der Waals surface area contributed by atoms with Crippen molar-refractivity contribution in [3.8, 4) is 0 Å². The highest BCUT2D eigenvalue weighted by atomic mass is 127. The lowest BCUT2D eigenvalue weighted by atomic mass is 10.4. The second-order valence-electron chi connectivity index (χ2n) is 2.11. The lowest BCUT2D eigenvalue weighted by Crippen LogP contribution is -1.62. The molecule has 0 spiro atoms. The van der Waals surface area contributed by atoms with E-state index in [1.54, 1.807) is 0 Å². The summed E-state index contributed by atoms with van der Waals surface area (Å²) < 4.78 is 4.33. The monoisotopic (exact) mass is 280 g/mol. The van der Waals surface area contributed by atoms with Gasteiger partial charge in [0.05, 0.1) is 2.88 Å². The molecule has 0 fully saturated rings. The van der Waals surface area contributed by atoms with Gasteiger partial charge in [0.2, 0.25) is 0 Å². The van der Waals surface area contributed by atoms with Gasteiger partial charge in [0.25, 0.3) is 0 Å². The van der Waals surface area contributed by atoms with Crippen molar-refractivity contribution >= 4 is 54.7 Å². The summed E-state index contributed by atoms with van der Waals surface area (Å²) in [6, 6.07) is 2.19. The van der Waals surface area contributed by atoms with Crippen molar-refractivity contribution in [2.24, 2.45) is 0 Å². The van der Waals surface area contributed by atoms with Crippen LogP contribution >= 0.6 is 45.3 Å². The summed E-state index contributed by atoms with van der Waals surface area (Å²) in [4.78, 5) is 0. The molecule has 0 amide bonds. The van der Waals surface area contributed by atoms with E-state index in [0.29, 0.717) is 0 Å². The first-order valence-corrected chi connectivity index (χ1v) is 5.68. The summed E-state index contributed by atoms with van der Waals surface area (Å²) in [5, 5.41) is 2.16. The molecule has 2 aromatic rings. The third-order valence-corrected chi connectivity index (χ3v) is 5.14. The number of rotatable bonds is 0. The predicted molar refractivity (Wildman–Crippen MR) is 57.2 cm³/mol. The van der Waals surface area contributed by atoms with Crippen LogP contribution in [0.3, 0.4) is 0 Å². The minimum atomic E-state index is 1.43. The first-order valence-electron chi connectivity index (χ1n) is 2.91. The Morgan fingerprint density at radius 1 is 1.50 bits per heavy atom. The second kappa shape index (κ2) is 2.46. The smallest absolute Gasteiger partial charge is 0.0703 e. The van der Waals surface area contributed by atoms with Gasteiger partial charge in [0.1, 0.15) is 0 Å². The van der Waals surface area contributed by atoms with Crippen LogP contribution in [0.25, 0.3) is 9.40 Å². The molecule has 0 aromatic carbocycles. The number of hydrogen-bond donors (Lipinski definition) is 0. The van der Waals surface area contributed by atoms with Crippen LogP contribution in [0.15, 0.2) is 11.4 Å². The highest BCUT2D eigenvalue weighted by Gasteiger charge is 2.05. The molecule has 2 aromatic heterocycles. The van der Waals surface area contributed by atoms with Crippen molar-refractivity contribution in [1.82, 2.24) is 0 Å². The van der Waals surface area contributed by atoms with Gasteiger partial charge in [-0.1, -0.05) is 0 Å². The molecule has 0 N–H and O–H groups in total. The van der Waals surface area contributed by atoms with E-state index >= 15 is 0 Å². The molecule has 0 aliphatic heterocycles. The van der Waals surface area contributed by atoms with Gasteiger partial charge in [0.15, 0.2) is 0 Å². The Balaban J connectivity index is 2.95. The molecule has 0 saturated heterocycles. The lowest BCUT2D eigenvalue weighted by molar-refractivity contribution is 1.59. The zero-order chi connectivity index (χ0) is 7.14. The van der Waals surface area contributed by atoms with Crippen molar-refractivity contribution in [3.05, 3.63) is 19.9 Å². The average molecular weight is 280 g/mol. The molecular formula is C7H5IS2. The van der Waals surface area contributed by atoms with E-state index in [1.807, 2.05) is 22.7 Å². The molecule has 0 radical (unpaired) electrons. The van der Waals surface area contributed by atoms with Crippen molar-refractivity contribution in [2.45, 2.75) is 6.92 Å². The number of fused-ring (bicyclic) bond motifs is 1. The fraction of sp³-hybridized carbons (Fsp3) is 0.143. The fourth-order valence-corrected chi connectivity index (χ4v) is 4.13. The Hall–Kier alpha value is 0.390. The van der Waals surface area contributed by atoms with E-state index in [9.17, 15) is 0 Å². The molecule has 0 saturated carbocycles. The lowest BCUT2D eigenvalue weighted by Gasteiger charge is -1.81. The van der Waals surface area contributed by atoms with Gasteiger partial charge in [-0.05, 0) is 46.5 Å². The summed E-state index contributed by atoms with van der Waals surface area (Å²) >= 11 is 6.12. The number of thiophene rings is 2. The Morgan fingerprint density at radius 2 is 2.30 bits per heavy atom. The quantitative estimate of drug-likeness (QED) is 0.642. The summed E-state index contributed by atoms with van der Waals surface area (Å²) in [5.41, 5.74) is 1.45. The largest absolute Gasteiger partial charge is 0.143 e. The SMILES string of the molecule is Cc1c(I)sc2ccsc12. The fourth-order valence-electron chi connectivity index (χ4n) is 0.914. The van der Waals surface area contributed by atoms with Gasteiger partial charge in [-0.3, -0.25) is 0 Å². The Bertz CT molecular complexity index is 358.